The van der Waals surface area contributed by atoms with E-state index in [0.717, 1.165) is 5.56 Å². The highest BCUT2D eigenvalue weighted by Gasteiger charge is 2.10. The van der Waals surface area contributed by atoms with Crippen molar-refractivity contribution in [1.29, 1.82) is 0 Å². The van der Waals surface area contributed by atoms with Gasteiger partial charge in [-0.1, -0.05) is 18.2 Å². The van der Waals surface area contributed by atoms with Crippen molar-refractivity contribution in [3.05, 3.63) is 59.7 Å². The maximum absolute atomic E-state index is 12.3. The predicted octanol–water partition coefficient (Wildman–Crippen LogP) is 3.63. The first-order chi connectivity index (χ1) is 13.4. The molecule has 0 amide bonds. The number of ether oxygens (including phenoxy) is 4. The molecule has 148 valence electrons. The van der Waals surface area contributed by atoms with Crippen LogP contribution in [-0.4, -0.2) is 32.8 Å². The lowest BCUT2D eigenvalue weighted by atomic mass is 10.1. The van der Waals surface area contributed by atoms with Gasteiger partial charge in [-0.2, -0.15) is 8.78 Å². The molecule has 0 spiro atoms. The summed E-state index contributed by atoms with van der Waals surface area (Å²) in [5.41, 5.74) is 1.25. The normalized spacial score (nSPS) is 10.8. The van der Waals surface area contributed by atoms with E-state index in [4.69, 9.17) is 9.47 Å². The molecular weight excluding hydrogens is 374 g/mol. The molecule has 0 N–H and O–H groups in total. The van der Waals surface area contributed by atoms with E-state index in [1.807, 2.05) is 0 Å². The molecule has 0 aromatic heterocycles. The fraction of sp³-hybridized carbons (Fsp3) is 0.200. The van der Waals surface area contributed by atoms with Crippen molar-refractivity contribution < 1.29 is 37.3 Å². The molecule has 2 rings (SSSR count). The Morgan fingerprint density at radius 1 is 1.04 bits per heavy atom. The average molecular weight is 392 g/mol. The van der Waals surface area contributed by atoms with Gasteiger partial charge in [0.1, 0.15) is 5.75 Å². The highest BCUT2D eigenvalue weighted by atomic mass is 19.3. The van der Waals surface area contributed by atoms with Crippen LogP contribution in [0.5, 0.6) is 17.2 Å². The van der Waals surface area contributed by atoms with Crippen LogP contribution < -0.4 is 14.2 Å². The van der Waals surface area contributed by atoms with E-state index >= 15 is 0 Å². The second-order valence-electron chi connectivity index (χ2n) is 5.44. The molecule has 0 saturated carbocycles. The smallest absolute Gasteiger partial charge is 0.387 e. The number of hydrogen-bond acceptors (Lipinski definition) is 6. The van der Waals surface area contributed by atoms with Crippen molar-refractivity contribution >= 4 is 18.0 Å². The Hall–Kier alpha value is -3.42. The summed E-state index contributed by atoms with van der Waals surface area (Å²) in [6.07, 6.45) is 2.76. The first-order valence-corrected chi connectivity index (χ1v) is 8.09. The van der Waals surface area contributed by atoms with Crippen molar-refractivity contribution in [2.24, 2.45) is 0 Å². The van der Waals surface area contributed by atoms with Crippen LogP contribution in [0.25, 0.3) is 6.08 Å². The van der Waals surface area contributed by atoms with Gasteiger partial charge in [0, 0.05) is 6.08 Å². The second-order valence-corrected chi connectivity index (χ2v) is 5.44. The van der Waals surface area contributed by atoms with Crippen LogP contribution in [0.3, 0.4) is 0 Å². The third-order valence-electron chi connectivity index (χ3n) is 3.53. The Morgan fingerprint density at radius 3 is 2.36 bits per heavy atom. The third-order valence-corrected chi connectivity index (χ3v) is 3.53. The number of methoxy groups -OCH3 is 2. The van der Waals surface area contributed by atoms with Crippen molar-refractivity contribution in [2.75, 3.05) is 14.2 Å². The monoisotopic (exact) mass is 392 g/mol. The summed E-state index contributed by atoms with van der Waals surface area (Å²) in [5.74, 6) is -0.691. The van der Waals surface area contributed by atoms with Gasteiger partial charge in [0.2, 0.25) is 0 Å². The summed E-state index contributed by atoms with van der Waals surface area (Å²) in [7, 11) is 2.62. The molecule has 28 heavy (non-hydrogen) atoms. The minimum Gasteiger partial charge on any atom is -0.493 e. The van der Waals surface area contributed by atoms with E-state index in [-0.39, 0.29) is 23.9 Å². The molecule has 0 aliphatic heterocycles. The van der Waals surface area contributed by atoms with Gasteiger partial charge in [0.15, 0.2) is 11.5 Å². The van der Waals surface area contributed by atoms with Crippen LogP contribution in [0.2, 0.25) is 0 Å². The molecule has 0 heterocycles. The molecule has 2 aromatic carbocycles. The molecule has 0 fully saturated rings. The fourth-order valence-electron chi connectivity index (χ4n) is 2.21. The molecule has 2 aromatic rings. The van der Waals surface area contributed by atoms with Crippen molar-refractivity contribution in [1.82, 2.24) is 0 Å². The van der Waals surface area contributed by atoms with Crippen LogP contribution in [0.1, 0.15) is 11.1 Å². The minimum absolute atomic E-state index is 0.107. The Morgan fingerprint density at radius 2 is 1.75 bits per heavy atom. The summed E-state index contributed by atoms with van der Waals surface area (Å²) in [6.45, 7) is -2.97. The fourth-order valence-corrected chi connectivity index (χ4v) is 2.21. The first kappa shape index (κ1) is 20.9. The molecule has 8 heteroatoms. The van der Waals surface area contributed by atoms with E-state index in [0.29, 0.717) is 11.3 Å². The Labute approximate surface area is 160 Å². The van der Waals surface area contributed by atoms with Gasteiger partial charge in [-0.25, -0.2) is 4.79 Å². The number of esters is 2. The van der Waals surface area contributed by atoms with E-state index in [9.17, 15) is 18.4 Å². The minimum atomic E-state index is -2.97. The highest BCUT2D eigenvalue weighted by molar-refractivity contribution is 5.88. The molecule has 0 bridgehead atoms. The molecule has 0 radical (unpaired) electrons. The van der Waals surface area contributed by atoms with Crippen LogP contribution >= 0.6 is 0 Å². The second kappa shape index (κ2) is 10.1. The highest BCUT2D eigenvalue weighted by Crippen LogP contribution is 2.29. The predicted molar refractivity (Wildman–Crippen MR) is 96.5 cm³/mol. The molecule has 6 nitrogen and oxygen atoms in total. The van der Waals surface area contributed by atoms with Crippen molar-refractivity contribution in [3.63, 3.8) is 0 Å². The van der Waals surface area contributed by atoms with Crippen LogP contribution in [0.4, 0.5) is 8.78 Å². The molecule has 0 saturated heterocycles. The Balaban J connectivity index is 1.98. The van der Waals surface area contributed by atoms with E-state index in [2.05, 4.69) is 9.47 Å². The van der Waals surface area contributed by atoms with Gasteiger partial charge in [-0.05, 0) is 41.5 Å². The quantitative estimate of drug-likeness (QED) is 0.388. The van der Waals surface area contributed by atoms with Gasteiger partial charge >= 0.3 is 18.6 Å². The standard InChI is InChI=1S/C20H18F2O6/c1-25-17-11-13(5-9-16(17)28-20(21)22)6-10-18(23)27-15-7-3-14(4-8-15)12-19(24)26-2/h3-11,20H,12H2,1-2H3/b10-6+. The maximum Gasteiger partial charge on any atom is 0.387 e. The van der Waals surface area contributed by atoms with Gasteiger partial charge in [-0.15, -0.1) is 0 Å². The number of hydrogen-bond donors (Lipinski definition) is 0. The van der Waals surface area contributed by atoms with Gasteiger partial charge in [0.05, 0.1) is 20.6 Å². The van der Waals surface area contributed by atoms with Gasteiger partial charge in [0.25, 0.3) is 0 Å². The average Bonchev–Trinajstić information content (AvgIpc) is 2.68. The van der Waals surface area contributed by atoms with E-state index in [1.165, 1.54) is 44.6 Å². The summed E-state index contributed by atoms with van der Waals surface area (Å²) >= 11 is 0. The first-order valence-electron chi connectivity index (χ1n) is 8.09. The number of alkyl halides is 2. The molecule has 0 unspecified atom stereocenters. The lowest BCUT2D eigenvalue weighted by Crippen LogP contribution is -2.06. The van der Waals surface area contributed by atoms with E-state index < -0.39 is 12.6 Å². The molecule has 0 aliphatic rings. The van der Waals surface area contributed by atoms with Gasteiger partial charge < -0.3 is 18.9 Å². The van der Waals surface area contributed by atoms with Crippen molar-refractivity contribution in [3.8, 4) is 17.2 Å². The number of carbonyl (C=O) groups is 2. The summed E-state index contributed by atoms with van der Waals surface area (Å²) in [5, 5.41) is 0. The number of halogens is 2. The Bertz CT molecular complexity index is 846. The van der Waals surface area contributed by atoms with Gasteiger partial charge in [-0.3, -0.25) is 4.79 Å². The zero-order valence-corrected chi connectivity index (χ0v) is 15.2. The largest absolute Gasteiger partial charge is 0.493 e. The van der Waals surface area contributed by atoms with Crippen LogP contribution in [-0.2, 0) is 20.7 Å². The lowest BCUT2D eigenvalue weighted by Gasteiger charge is -2.10. The summed E-state index contributed by atoms with van der Waals surface area (Å²) in [4.78, 5) is 23.1. The SMILES string of the molecule is COC(=O)Cc1ccc(OC(=O)/C=C/c2ccc(OC(F)F)c(OC)c2)cc1. The van der Waals surface area contributed by atoms with E-state index in [1.54, 1.807) is 24.3 Å². The number of carbonyl (C=O) groups excluding carboxylic acids is 2. The van der Waals surface area contributed by atoms with Crippen LogP contribution in [0, 0.1) is 0 Å². The van der Waals surface area contributed by atoms with Crippen LogP contribution in [0.15, 0.2) is 48.5 Å². The zero-order valence-electron chi connectivity index (χ0n) is 15.2. The number of benzene rings is 2. The summed E-state index contributed by atoms with van der Waals surface area (Å²) in [6, 6.07) is 10.7. The van der Waals surface area contributed by atoms with Crippen molar-refractivity contribution in [2.45, 2.75) is 13.0 Å². The molecule has 0 atom stereocenters. The molecular formula is C20H18F2O6. The lowest BCUT2D eigenvalue weighted by molar-refractivity contribution is -0.139. The maximum atomic E-state index is 12.3. The third kappa shape index (κ3) is 6.39. The Kier molecular flexibility index (Phi) is 7.50. The molecule has 0 aliphatic carbocycles. The number of rotatable bonds is 8. The summed E-state index contributed by atoms with van der Waals surface area (Å²) < 4.78 is 43.7. The zero-order chi connectivity index (χ0) is 20.5. The topological polar surface area (TPSA) is 71.1 Å².